The summed E-state index contributed by atoms with van der Waals surface area (Å²) < 4.78 is 14.2. The second-order valence-corrected chi connectivity index (χ2v) is 9.85. The third kappa shape index (κ3) is 5.09. The van der Waals surface area contributed by atoms with E-state index in [2.05, 4.69) is 5.32 Å². The molecule has 4 aromatic carbocycles. The first-order chi connectivity index (χ1) is 20.6. The number of nitro benzene ring substituents is 1. The Morgan fingerprint density at radius 1 is 0.810 bits per heavy atom. The number of ether oxygens (including phenoxy) is 2. The summed E-state index contributed by atoms with van der Waals surface area (Å²) in [4.78, 5) is 25.9. The Hall–Kier alpha value is -5.06. The van der Waals surface area contributed by atoms with Gasteiger partial charge in [0.2, 0.25) is 5.78 Å². The summed E-state index contributed by atoms with van der Waals surface area (Å²) in [7, 11) is 0. The molecule has 212 valence electrons. The van der Waals surface area contributed by atoms with E-state index >= 15 is 0 Å². The second kappa shape index (κ2) is 11.8. The van der Waals surface area contributed by atoms with Crippen LogP contribution < -0.4 is 14.8 Å². The van der Waals surface area contributed by atoms with Crippen molar-refractivity contribution in [3.63, 3.8) is 0 Å². The van der Waals surface area contributed by atoms with Gasteiger partial charge in [-0.2, -0.15) is 5.10 Å². The van der Waals surface area contributed by atoms with E-state index in [0.29, 0.717) is 53.3 Å². The number of nitrogens with one attached hydrogen (secondary N) is 1. The summed E-state index contributed by atoms with van der Waals surface area (Å²) in [5.41, 5.74) is 3.20. The molecule has 42 heavy (non-hydrogen) atoms. The van der Waals surface area contributed by atoms with Crippen molar-refractivity contribution >= 4 is 22.4 Å². The molecule has 10 nitrogen and oxygen atoms in total. The van der Waals surface area contributed by atoms with Crippen molar-refractivity contribution in [2.75, 3.05) is 19.7 Å². The van der Waals surface area contributed by atoms with Crippen molar-refractivity contribution in [2.24, 2.45) is 0 Å². The van der Waals surface area contributed by atoms with Gasteiger partial charge >= 0.3 is 0 Å². The van der Waals surface area contributed by atoms with Crippen molar-refractivity contribution in [3.8, 4) is 22.8 Å². The number of aliphatic hydroxyl groups excluding tert-OH is 1. The summed E-state index contributed by atoms with van der Waals surface area (Å²) in [6.45, 7) is 1.79. The fraction of sp³-hybridized carbons (Fsp3) is 0.188. The van der Waals surface area contributed by atoms with Gasteiger partial charge in [-0.3, -0.25) is 19.6 Å². The van der Waals surface area contributed by atoms with Gasteiger partial charge in [0.05, 0.1) is 34.7 Å². The van der Waals surface area contributed by atoms with Gasteiger partial charge in [-0.15, -0.1) is 0 Å². The van der Waals surface area contributed by atoms with Gasteiger partial charge in [0.1, 0.15) is 36.0 Å². The van der Waals surface area contributed by atoms with E-state index < -0.39 is 10.7 Å². The summed E-state index contributed by atoms with van der Waals surface area (Å²) >= 11 is 0. The van der Waals surface area contributed by atoms with Crippen LogP contribution in [0.15, 0.2) is 84.9 Å². The number of carbonyl (C=O) groups excluding carboxylic acids is 1. The lowest BCUT2D eigenvalue weighted by Crippen LogP contribution is -2.23. The standard InChI is InChI=1S/C32H28N4O6/c37-18-16-33-15-17-35-23-11-12-24(36(39)40)28-27(23)31(34-35)29-25(41-19-21-7-3-1-4-8-21)13-14-26(30(29)32(28)38)42-20-22-9-5-2-6-10-22/h1-14,33,37H,15-20H2. The van der Waals surface area contributed by atoms with Gasteiger partial charge in [-0.05, 0) is 29.3 Å². The number of fused-ring (bicyclic) bond motifs is 2. The number of benzene rings is 4. The Bertz CT molecular complexity index is 1770. The first-order valence-electron chi connectivity index (χ1n) is 13.6. The molecule has 2 N–H and O–H groups in total. The zero-order valence-corrected chi connectivity index (χ0v) is 22.7. The van der Waals surface area contributed by atoms with E-state index in [-0.39, 0.29) is 36.6 Å². The third-order valence-corrected chi connectivity index (χ3v) is 7.18. The van der Waals surface area contributed by atoms with Gasteiger partial charge in [-0.1, -0.05) is 60.7 Å². The number of nitrogens with zero attached hydrogens (tertiary/aromatic N) is 3. The SMILES string of the molecule is O=C1c2c(OCc3ccccc3)ccc(OCc3ccccc3)c2-c2nn(CCNCCO)c3ccc([N+](=O)[O-])c1c23. The smallest absolute Gasteiger partial charge is 0.281 e. The molecule has 0 radical (unpaired) electrons. The summed E-state index contributed by atoms with van der Waals surface area (Å²) in [5.74, 6) is 0.208. The molecule has 1 heterocycles. The highest BCUT2D eigenvalue weighted by Gasteiger charge is 2.38. The van der Waals surface area contributed by atoms with Crippen molar-refractivity contribution in [3.05, 3.63) is 117 Å². The molecule has 10 heteroatoms. The van der Waals surface area contributed by atoms with Crippen LogP contribution in [0.4, 0.5) is 5.69 Å². The number of nitro groups is 1. The molecule has 0 aliphatic heterocycles. The number of aliphatic hydroxyl groups is 1. The van der Waals surface area contributed by atoms with Crippen LogP contribution in [-0.4, -0.2) is 45.3 Å². The van der Waals surface area contributed by atoms with E-state index in [1.54, 1.807) is 22.9 Å². The molecule has 0 fully saturated rings. The lowest BCUT2D eigenvalue weighted by atomic mass is 9.85. The molecule has 1 aliphatic rings. The molecular formula is C32H28N4O6. The summed E-state index contributed by atoms with van der Waals surface area (Å²) in [6.07, 6.45) is 0. The second-order valence-electron chi connectivity index (χ2n) is 9.85. The maximum absolute atomic E-state index is 14.3. The Morgan fingerprint density at radius 2 is 1.43 bits per heavy atom. The van der Waals surface area contributed by atoms with Crippen LogP contribution in [0, 0.1) is 10.1 Å². The van der Waals surface area contributed by atoms with Crippen molar-refractivity contribution in [2.45, 2.75) is 19.8 Å². The van der Waals surface area contributed by atoms with Crippen molar-refractivity contribution in [1.29, 1.82) is 0 Å². The number of ketones is 1. The van der Waals surface area contributed by atoms with Crippen molar-refractivity contribution in [1.82, 2.24) is 15.1 Å². The molecule has 0 saturated carbocycles. The molecular weight excluding hydrogens is 536 g/mol. The van der Waals surface area contributed by atoms with E-state index in [1.807, 2.05) is 60.7 Å². The lowest BCUT2D eigenvalue weighted by molar-refractivity contribution is -0.385. The molecule has 0 bridgehead atoms. The number of carbonyl (C=O) groups is 1. The maximum Gasteiger partial charge on any atom is 0.281 e. The number of rotatable bonds is 12. The molecule has 0 atom stereocenters. The first-order valence-corrected chi connectivity index (χ1v) is 13.6. The number of aromatic nitrogens is 2. The van der Waals surface area contributed by atoms with Crippen LogP contribution in [0.2, 0.25) is 0 Å². The zero-order chi connectivity index (χ0) is 29.1. The normalized spacial score (nSPS) is 11.9. The molecule has 1 aliphatic carbocycles. The number of hydrogen-bond donors (Lipinski definition) is 2. The molecule has 1 aromatic heterocycles. The van der Waals surface area contributed by atoms with Crippen LogP contribution in [0.25, 0.3) is 22.2 Å². The van der Waals surface area contributed by atoms with Gasteiger partial charge in [0, 0.05) is 24.5 Å². The van der Waals surface area contributed by atoms with Gasteiger partial charge in [-0.25, -0.2) is 0 Å². The minimum Gasteiger partial charge on any atom is -0.488 e. The van der Waals surface area contributed by atoms with Crippen LogP contribution in [0.3, 0.4) is 0 Å². The quantitative estimate of drug-likeness (QED) is 0.122. The lowest BCUT2D eigenvalue weighted by Gasteiger charge is -2.21. The number of hydrogen-bond acceptors (Lipinski definition) is 8. The predicted molar refractivity (Wildman–Crippen MR) is 157 cm³/mol. The van der Waals surface area contributed by atoms with Gasteiger partial charge in [0.25, 0.3) is 5.69 Å². The molecule has 5 aromatic rings. The fourth-order valence-corrected chi connectivity index (χ4v) is 5.24. The Morgan fingerprint density at radius 3 is 2.02 bits per heavy atom. The minimum absolute atomic E-state index is 0.00278. The third-order valence-electron chi connectivity index (χ3n) is 7.18. The topological polar surface area (TPSA) is 129 Å². The highest BCUT2D eigenvalue weighted by atomic mass is 16.6. The Kier molecular flexibility index (Phi) is 7.63. The minimum atomic E-state index is -0.540. The molecule has 0 unspecified atom stereocenters. The van der Waals surface area contributed by atoms with Crippen LogP contribution in [0.5, 0.6) is 11.5 Å². The summed E-state index contributed by atoms with van der Waals surface area (Å²) in [5, 5.41) is 29.7. The monoisotopic (exact) mass is 564 g/mol. The first kappa shape index (κ1) is 27.1. The molecule has 0 amide bonds. The van der Waals surface area contributed by atoms with Crippen molar-refractivity contribution < 1.29 is 24.3 Å². The Balaban J connectivity index is 1.51. The highest BCUT2D eigenvalue weighted by molar-refractivity contribution is 6.28. The van der Waals surface area contributed by atoms with E-state index in [9.17, 15) is 14.9 Å². The van der Waals surface area contributed by atoms with Gasteiger partial charge < -0.3 is 19.9 Å². The van der Waals surface area contributed by atoms with Gasteiger partial charge in [0.15, 0.2) is 0 Å². The molecule has 0 saturated heterocycles. The molecule has 6 rings (SSSR count). The van der Waals surface area contributed by atoms with E-state index in [4.69, 9.17) is 19.7 Å². The van der Waals surface area contributed by atoms with E-state index in [0.717, 1.165) is 11.1 Å². The average Bonchev–Trinajstić information content (AvgIpc) is 3.39. The van der Waals surface area contributed by atoms with Crippen LogP contribution in [0.1, 0.15) is 27.0 Å². The highest BCUT2D eigenvalue weighted by Crippen LogP contribution is 2.49. The van der Waals surface area contributed by atoms with Crippen LogP contribution in [-0.2, 0) is 19.8 Å². The average molecular weight is 565 g/mol. The van der Waals surface area contributed by atoms with E-state index in [1.165, 1.54) is 6.07 Å². The largest absolute Gasteiger partial charge is 0.488 e. The Labute approximate surface area is 241 Å². The van der Waals surface area contributed by atoms with Crippen LogP contribution >= 0.6 is 0 Å². The molecule has 0 spiro atoms. The summed E-state index contributed by atoms with van der Waals surface area (Å²) in [6, 6.07) is 25.6. The fourth-order valence-electron chi connectivity index (χ4n) is 5.24. The zero-order valence-electron chi connectivity index (χ0n) is 22.7. The maximum atomic E-state index is 14.3. The predicted octanol–water partition coefficient (Wildman–Crippen LogP) is 4.90.